The Morgan fingerprint density at radius 2 is 1.63 bits per heavy atom. The topological polar surface area (TPSA) is 215 Å². The molecule has 0 radical (unpaired) electrons. The second-order valence-electron chi connectivity index (χ2n) is 17.6. The predicted molar refractivity (Wildman–Crippen MR) is 247 cm³/mol. The Bertz CT molecular complexity index is 2130. The summed E-state index contributed by atoms with van der Waals surface area (Å²) in [4.78, 5) is 57.0. The lowest BCUT2D eigenvalue weighted by molar-refractivity contribution is -0.147. The number of rotatable bonds is 26. The van der Waals surface area contributed by atoms with E-state index in [-0.39, 0.29) is 47.9 Å². The first kappa shape index (κ1) is 49.2. The minimum absolute atomic E-state index is 0.0252. The van der Waals surface area contributed by atoms with E-state index in [2.05, 4.69) is 72.7 Å². The highest BCUT2D eigenvalue weighted by molar-refractivity contribution is 6.32. The van der Waals surface area contributed by atoms with Gasteiger partial charge in [-0.1, -0.05) is 99.2 Å². The van der Waals surface area contributed by atoms with Gasteiger partial charge in [0.15, 0.2) is 11.0 Å². The molecular formula is C48H66ClN9O7. The van der Waals surface area contributed by atoms with Crippen molar-refractivity contribution in [3.63, 3.8) is 0 Å². The predicted octanol–water partition coefficient (Wildman–Crippen LogP) is 7.17. The van der Waals surface area contributed by atoms with Crippen molar-refractivity contribution in [1.29, 1.82) is 0 Å². The molecule has 0 saturated heterocycles. The summed E-state index contributed by atoms with van der Waals surface area (Å²) >= 11 is 6.65. The van der Waals surface area contributed by atoms with Crippen molar-refractivity contribution in [1.82, 2.24) is 46.1 Å². The number of hydrogen-bond acceptors (Lipinski definition) is 10. The van der Waals surface area contributed by atoms with Crippen LogP contribution < -0.4 is 16.0 Å². The summed E-state index contributed by atoms with van der Waals surface area (Å²) < 4.78 is 12.5. The van der Waals surface area contributed by atoms with E-state index in [0.29, 0.717) is 89.3 Å². The van der Waals surface area contributed by atoms with Gasteiger partial charge in [-0.2, -0.15) is 0 Å². The number of H-pyrrole nitrogens is 1. The van der Waals surface area contributed by atoms with E-state index in [1.54, 1.807) is 7.11 Å². The van der Waals surface area contributed by atoms with Crippen molar-refractivity contribution in [3.8, 4) is 22.5 Å². The molecule has 2 aliphatic rings. The molecule has 2 fully saturated rings. The Morgan fingerprint density at radius 1 is 0.923 bits per heavy atom. The Labute approximate surface area is 386 Å². The summed E-state index contributed by atoms with van der Waals surface area (Å²) in [6.45, 7) is 4.41. The van der Waals surface area contributed by atoms with Crippen molar-refractivity contribution in [2.24, 2.45) is 17.3 Å². The van der Waals surface area contributed by atoms with Crippen molar-refractivity contribution >= 4 is 35.3 Å². The molecule has 2 aromatic heterocycles. The van der Waals surface area contributed by atoms with Crippen LogP contribution in [-0.2, 0) is 36.8 Å². The average molecular weight is 917 g/mol. The van der Waals surface area contributed by atoms with Gasteiger partial charge in [0.25, 0.3) is 5.91 Å². The normalized spacial score (nSPS) is 17.4. The second kappa shape index (κ2) is 24.9. The molecule has 17 heteroatoms. The maximum Gasteiger partial charge on any atom is 0.308 e. The zero-order chi connectivity index (χ0) is 46.0. The number of ether oxygens (including phenoxy) is 2. The first-order valence-electron chi connectivity index (χ1n) is 23.5. The summed E-state index contributed by atoms with van der Waals surface area (Å²) in [7, 11) is 1.57. The van der Waals surface area contributed by atoms with E-state index in [9.17, 15) is 24.3 Å². The van der Waals surface area contributed by atoms with E-state index in [1.165, 1.54) is 0 Å². The summed E-state index contributed by atoms with van der Waals surface area (Å²) in [5.41, 5.74) is 3.58. The van der Waals surface area contributed by atoms with Crippen LogP contribution in [0.5, 0.6) is 0 Å². The van der Waals surface area contributed by atoms with Gasteiger partial charge in [0, 0.05) is 50.7 Å². The molecular weight excluding hydrogens is 850 g/mol. The molecule has 1 unspecified atom stereocenters. The van der Waals surface area contributed by atoms with E-state index in [1.807, 2.05) is 28.8 Å². The fraction of sp³-hybridized carbons (Fsp3) is 0.583. The third-order valence-corrected chi connectivity index (χ3v) is 13.3. The number of benzene rings is 2. The van der Waals surface area contributed by atoms with Crippen LogP contribution in [0.1, 0.15) is 125 Å². The van der Waals surface area contributed by atoms with E-state index in [0.717, 1.165) is 79.4 Å². The standard InChI is InChI=1S/C48H66ClN9O7/c1-3-4-15-40-53-42(49)41(58(40)31-33-16-18-34(19-17-33)38-13-7-8-14-39(38)43-54-56-57-55-43)45(60)51-27-12-6-5-11-26-50-44(59)35-20-22-37(23-21-35)52-47(63)48(24-9-10-25-48)30-36(46(61)62)32-65-29-28-64-2/h7-8,13-14,16-19,35-37H,3-6,9-12,15,20-32H2,1-2H3,(H,50,59)(H,51,60)(H,52,63)(H,61,62)(H,54,55,56,57). The number of hydrogen-bond donors (Lipinski definition) is 5. The Balaban J connectivity index is 0.899. The Kier molecular flexibility index (Phi) is 18.9. The summed E-state index contributed by atoms with van der Waals surface area (Å²) in [6.07, 6.45) is 12.3. The number of tetrazole rings is 1. The number of carbonyl (C=O) groups excluding carboxylic acids is 3. The molecule has 2 aromatic carbocycles. The van der Waals surface area contributed by atoms with E-state index in [4.69, 9.17) is 21.1 Å². The number of aliphatic carboxylic acids is 1. The fourth-order valence-corrected chi connectivity index (χ4v) is 9.57. The Morgan fingerprint density at radius 3 is 2.29 bits per heavy atom. The number of nitrogens with one attached hydrogen (secondary N) is 4. The number of nitrogens with zero attached hydrogens (tertiary/aromatic N) is 5. The van der Waals surface area contributed by atoms with Gasteiger partial charge >= 0.3 is 5.97 Å². The number of aryl methyl sites for hydroxylation is 1. The van der Waals surface area contributed by atoms with Crippen LogP contribution in [0, 0.1) is 17.3 Å². The summed E-state index contributed by atoms with van der Waals surface area (Å²) in [5, 5.41) is 33.9. The molecule has 1 atom stereocenters. The number of carboxylic acid groups (broad SMARTS) is 1. The van der Waals surface area contributed by atoms with Gasteiger partial charge in [-0.3, -0.25) is 19.2 Å². The Hall–Kier alpha value is -5.19. The third-order valence-electron chi connectivity index (χ3n) is 13.0. The zero-order valence-corrected chi connectivity index (χ0v) is 38.7. The van der Waals surface area contributed by atoms with Crippen LogP contribution in [0.2, 0.25) is 5.15 Å². The van der Waals surface area contributed by atoms with Gasteiger partial charge in [0.05, 0.1) is 31.2 Å². The number of unbranched alkanes of at least 4 members (excludes halogenated alkanes) is 4. The maximum absolute atomic E-state index is 13.7. The molecule has 3 amide bonds. The molecule has 0 aliphatic heterocycles. The number of halogens is 1. The van der Waals surface area contributed by atoms with E-state index >= 15 is 0 Å². The molecule has 2 saturated carbocycles. The number of aromatic nitrogens is 6. The first-order chi connectivity index (χ1) is 31.6. The zero-order valence-electron chi connectivity index (χ0n) is 37.9. The molecule has 352 valence electrons. The van der Waals surface area contributed by atoms with E-state index < -0.39 is 17.3 Å². The molecule has 2 aliphatic carbocycles. The lowest BCUT2D eigenvalue weighted by Gasteiger charge is -2.34. The van der Waals surface area contributed by atoms with Gasteiger partial charge in [0.1, 0.15) is 11.5 Å². The highest BCUT2D eigenvalue weighted by atomic mass is 35.5. The smallest absolute Gasteiger partial charge is 0.308 e. The largest absolute Gasteiger partial charge is 0.481 e. The SMILES string of the molecule is CCCCc1nc(Cl)c(C(=O)NCCCCCCNC(=O)C2CCC(NC(=O)C3(CC(COCCOC)C(=O)O)CCCC3)CC2)n1Cc1ccc(-c2ccccc2-c2nnn[nH]2)cc1. The number of aromatic amines is 1. The number of imidazole rings is 1. The molecule has 2 heterocycles. The minimum atomic E-state index is -0.947. The molecule has 5 N–H and O–H groups in total. The highest BCUT2D eigenvalue weighted by Gasteiger charge is 2.45. The van der Waals surface area contributed by atoms with Crippen LogP contribution in [0.15, 0.2) is 48.5 Å². The highest BCUT2D eigenvalue weighted by Crippen LogP contribution is 2.44. The lowest BCUT2D eigenvalue weighted by atomic mass is 9.76. The maximum atomic E-state index is 13.7. The quantitative estimate of drug-likeness (QED) is 0.0398. The molecule has 0 bridgehead atoms. The van der Waals surface area contributed by atoms with Crippen molar-refractivity contribution in [2.45, 2.75) is 122 Å². The van der Waals surface area contributed by atoms with Gasteiger partial charge in [-0.15, -0.1) is 5.10 Å². The number of carboxylic acids is 1. The molecule has 0 spiro atoms. The van der Waals surface area contributed by atoms with Crippen LogP contribution in [-0.4, -0.2) is 105 Å². The molecule has 16 nitrogen and oxygen atoms in total. The lowest BCUT2D eigenvalue weighted by Crippen LogP contribution is -2.48. The van der Waals surface area contributed by atoms with Crippen molar-refractivity contribution in [2.75, 3.05) is 40.0 Å². The number of carbonyl (C=O) groups is 4. The van der Waals surface area contributed by atoms with Gasteiger partial charge < -0.3 is 35.1 Å². The summed E-state index contributed by atoms with van der Waals surface area (Å²) in [5.74, 6) is -0.668. The van der Waals surface area contributed by atoms with Crippen LogP contribution in [0.25, 0.3) is 22.5 Å². The van der Waals surface area contributed by atoms with Crippen molar-refractivity contribution in [3.05, 3.63) is 70.8 Å². The molecule has 65 heavy (non-hydrogen) atoms. The summed E-state index contributed by atoms with van der Waals surface area (Å²) in [6, 6.07) is 16.1. The second-order valence-corrected chi connectivity index (χ2v) is 18.0. The van der Waals surface area contributed by atoms with Gasteiger partial charge in [-0.05, 0) is 91.3 Å². The van der Waals surface area contributed by atoms with Crippen LogP contribution in [0.3, 0.4) is 0 Å². The fourth-order valence-electron chi connectivity index (χ4n) is 9.28. The number of amides is 3. The molecule has 4 aromatic rings. The molecule has 6 rings (SSSR count). The third kappa shape index (κ3) is 13.7. The van der Waals surface area contributed by atoms with Crippen LogP contribution in [0.4, 0.5) is 0 Å². The number of methoxy groups -OCH3 is 1. The van der Waals surface area contributed by atoms with Gasteiger partial charge in [-0.25, -0.2) is 10.1 Å². The van der Waals surface area contributed by atoms with Gasteiger partial charge in [0.2, 0.25) is 11.8 Å². The van der Waals surface area contributed by atoms with Crippen LogP contribution >= 0.6 is 11.6 Å². The average Bonchev–Trinajstić information content (AvgIpc) is 4.10. The van der Waals surface area contributed by atoms with Crippen molar-refractivity contribution < 1.29 is 33.8 Å². The monoisotopic (exact) mass is 915 g/mol. The first-order valence-corrected chi connectivity index (χ1v) is 23.8. The minimum Gasteiger partial charge on any atom is -0.481 e.